The molecule has 1 aliphatic rings. The van der Waals surface area contributed by atoms with E-state index in [0.29, 0.717) is 17.4 Å². The van der Waals surface area contributed by atoms with Gasteiger partial charge in [0.05, 0.1) is 11.3 Å². The number of amides is 1. The summed E-state index contributed by atoms with van der Waals surface area (Å²) in [5.41, 5.74) is 2.67. The van der Waals surface area contributed by atoms with E-state index in [0.717, 1.165) is 34.9 Å². The van der Waals surface area contributed by atoms with Gasteiger partial charge >= 0.3 is 0 Å². The molecule has 0 atom stereocenters. The van der Waals surface area contributed by atoms with Crippen LogP contribution in [0.4, 0.5) is 0 Å². The normalized spacial score (nSPS) is 15.7. The van der Waals surface area contributed by atoms with Gasteiger partial charge in [-0.05, 0) is 38.8 Å². The molecule has 2 aromatic rings. The Morgan fingerprint density at radius 2 is 2.00 bits per heavy atom. The van der Waals surface area contributed by atoms with Crippen LogP contribution in [-0.2, 0) is 5.75 Å². The summed E-state index contributed by atoms with van der Waals surface area (Å²) in [7, 11) is 1.94. The molecule has 1 fully saturated rings. The van der Waals surface area contributed by atoms with Crippen LogP contribution in [0.25, 0.3) is 0 Å². The minimum Gasteiger partial charge on any atom is -0.361 e. The van der Waals surface area contributed by atoms with Gasteiger partial charge in [0.25, 0.3) is 5.91 Å². The zero-order valence-electron chi connectivity index (χ0n) is 15.8. The first-order valence-electron chi connectivity index (χ1n) is 9.34. The van der Waals surface area contributed by atoms with E-state index in [2.05, 4.69) is 10.1 Å². The molecule has 2 aromatic heterocycles. The van der Waals surface area contributed by atoms with Crippen LogP contribution in [-0.4, -0.2) is 34.0 Å². The van der Waals surface area contributed by atoms with Crippen molar-refractivity contribution >= 4 is 17.7 Å². The lowest BCUT2D eigenvalue weighted by Crippen LogP contribution is -2.37. The summed E-state index contributed by atoms with van der Waals surface area (Å²) in [6, 6.07) is 4.07. The third-order valence-electron chi connectivity index (χ3n) is 5.23. The van der Waals surface area contributed by atoms with Crippen molar-refractivity contribution in [3.05, 3.63) is 40.9 Å². The predicted molar refractivity (Wildman–Crippen MR) is 103 cm³/mol. The average molecular weight is 374 g/mol. The van der Waals surface area contributed by atoms with Crippen LogP contribution < -0.4 is 0 Å². The Kier molecular flexibility index (Phi) is 6.35. The summed E-state index contributed by atoms with van der Waals surface area (Å²) < 4.78 is 5.23. The van der Waals surface area contributed by atoms with Crippen LogP contribution in [0.2, 0.25) is 0 Å². The lowest BCUT2D eigenvalue weighted by molar-refractivity contribution is 0.0713. The van der Waals surface area contributed by atoms with Crippen molar-refractivity contribution in [2.45, 2.75) is 69.2 Å². The molecule has 5 nitrogen and oxygen atoms in total. The maximum atomic E-state index is 13.1. The summed E-state index contributed by atoms with van der Waals surface area (Å²) in [6.07, 6.45) is 8.94. The van der Waals surface area contributed by atoms with Crippen LogP contribution in [0, 0.1) is 13.8 Å². The number of pyridine rings is 1. The highest BCUT2D eigenvalue weighted by Crippen LogP contribution is 2.29. The topological polar surface area (TPSA) is 59.2 Å². The summed E-state index contributed by atoms with van der Waals surface area (Å²) in [4.78, 5) is 19.5. The van der Waals surface area contributed by atoms with E-state index in [1.54, 1.807) is 18.0 Å². The Balaban J connectivity index is 1.74. The van der Waals surface area contributed by atoms with Crippen LogP contribution >= 0.6 is 11.8 Å². The first kappa shape index (κ1) is 19.0. The molecule has 1 aliphatic carbocycles. The fraction of sp³-hybridized carbons (Fsp3) is 0.550. The molecule has 0 aromatic carbocycles. The van der Waals surface area contributed by atoms with Crippen molar-refractivity contribution in [3.8, 4) is 0 Å². The number of carbonyl (C=O) groups excluding carboxylic acids is 1. The van der Waals surface area contributed by atoms with Gasteiger partial charge in [-0.15, -0.1) is 11.8 Å². The maximum absolute atomic E-state index is 13.1. The molecule has 0 aliphatic heterocycles. The number of carbonyl (C=O) groups is 1. The van der Waals surface area contributed by atoms with E-state index in [1.807, 2.05) is 37.9 Å². The predicted octanol–water partition coefficient (Wildman–Crippen LogP) is 4.77. The first-order valence-corrected chi connectivity index (χ1v) is 10.3. The van der Waals surface area contributed by atoms with Crippen molar-refractivity contribution in [2.75, 3.05) is 7.05 Å². The Bertz CT molecular complexity index is 732. The zero-order chi connectivity index (χ0) is 18.5. The first-order chi connectivity index (χ1) is 12.6. The molecule has 0 radical (unpaired) electrons. The van der Waals surface area contributed by atoms with Gasteiger partial charge in [0.1, 0.15) is 10.8 Å². The molecule has 1 saturated carbocycles. The van der Waals surface area contributed by atoms with Crippen LogP contribution in [0.3, 0.4) is 0 Å². The van der Waals surface area contributed by atoms with Crippen molar-refractivity contribution in [1.82, 2.24) is 15.0 Å². The standard InChI is InChI=1S/C20H27N3O2S/c1-14-18(15(2)25-22-14)13-26-19-17(11-8-12-21-19)20(24)23(3)16-9-6-4-5-7-10-16/h8,11-12,16H,4-7,9-10,13H2,1-3H3. The molecule has 0 bridgehead atoms. The fourth-order valence-corrected chi connectivity index (χ4v) is 4.66. The highest BCUT2D eigenvalue weighted by atomic mass is 32.2. The van der Waals surface area contributed by atoms with Gasteiger partial charge in [0, 0.05) is 30.6 Å². The van der Waals surface area contributed by atoms with Gasteiger partial charge in [-0.25, -0.2) is 4.98 Å². The van der Waals surface area contributed by atoms with E-state index in [4.69, 9.17) is 4.52 Å². The van der Waals surface area contributed by atoms with Gasteiger partial charge < -0.3 is 9.42 Å². The molecular weight excluding hydrogens is 346 g/mol. The zero-order valence-corrected chi connectivity index (χ0v) is 16.6. The molecule has 0 saturated heterocycles. The maximum Gasteiger partial charge on any atom is 0.256 e. The number of hydrogen-bond donors (Lipinski definition) is 0. The van der Waals surface area contributed by atoms with Crippen LogP contribution in [0.15, 0.2) is 27.9 Å². The molecular formula is C20H27N3O2S. The monoisotopic (exact) mass is 373 g/mol. The largest absolute Gasteiger partial charge is 0.361 e. The van der Waals surface area contributed by atoms with E-state index >= 15 is 0 Å². The Labute approximate surface area is 159 Å². The van der Waals surface area contributed by atoms with Crippen molar-refractivity contribution in [1.29, 1.82) is 0 Å². The number of rotatable bonds is 5. The Morgan fingerprint density at radius 1 is 1.27 bits per heavy atom. The third-order valence-corrected chi connectivity index (χ3v) is 6.26. The second-order valence-electron chi connectivity index (χ2n) is 7.01. The van der Waals surface area contributed by atoms with E-state index in [1.165, 1.54) is 25.7 Å². The van der Waals surface area contributed by atoms with Gasteiger partial charge in [-0.1, -0.05) is 30.8 Å². The summed E-state index contributed by atoms with van der Waals surface area (Å²) in [5, 5.41) is 4.78. The highest BCUT2D eigenvalue weighted by molar-refractivity contribution is 7.98. The van der Waals surface area contributed by atoms with Crippen LogP contribution in [0.5, 0.6) is 0 Å². The number of nitrogens with zero attached hydrogens (tertiary/aromatic N) is 3. The summed E-state index contributed by atoms with van der Waals surface area (Å²) in [5.74, 6) is 1.60. The van der Waals surface area contributed by atoms with Crippen LogP contribution in [0.1, 0.15) is 65.9 Å². The minimum absolute atomic E-state index is 0.0752. The molecule has 1 amide bonds. The highest BCUT2D eigenvalue weighted by Gasteiger charge is 2.24. The van der Waals surface area contributed by atoms with Crippen molar-refractivity contribution in [2.24, 2.45) is 0 Å². The van der Waals surface area contributed by atoms with Gasteiger partial charge in [0.2, 0.25) is 0 Å². The second-order valence-corrected chi connectivity index (χ2v) is 7.97. The summed E-state index contributed by atoms with van der Waals surface area (Å²) >= 11 is 1.57. The fourth-order valence-electron chi connectivity index (χ4n) is 3.52. The Hall–Kier alpha value is -1.82. The third kappa shape index (κ3) is 4.29. The molecule has 3 rings (SSSR count). The lowest BCUT2D eigenvalue weighted by Gasteiger charge is -2.27. The van der Waals surface area contributed by atoms with Gasteiger partial charge in [0.15, 0.2) is 0 Å². The number of thioether (sulfide) groups is 1. The van der Waals surface area contributed by atoms with E-state index in [9.17, 15) is 4.79 Å². The lowest BCUT2D eigenvalue weighted by atomic mass is 10.1. The molecule has 0 unspecified atom stereocenters. The molecule has 6 heteroatoms. The van der Waals surface area contributed by atoms with Crippen molar-refractivity contribution in [3.63, 3.8) is 0 Å². The molecule has 140 valence electrons. The van der Waals surface area contributed by atoms with Gasteiger partial charge in [-0.2, -0.15) is 0 Å². The number of aryl methyl sites for hydroxylation is 2. The van der Waals surface area contributed by atoms with Gasteiger partial charge in [-0.3, -0.25) is 4.79 Å². The second kappa shape index (κ2) is 8.71. The number of hydrogen-bond acceptors (Lipinski definition) is 5. The van der Waals surface area contributed by atoms with E-state index in [-0.39, 0.29) is 5.91 Å². The molecule has 2 heterocycles. The quantitative estimate of drug-likeness (QED) is 0.558. The molecule has 26 heavy (non-hydrogen) atoms. The Morgan fingerprint density at radius 3 is 2.65 bits per heavy atom. The van der Waals surface area contributed by atoms with E-state index < -0.39 is 0 Å². The minimum atomic E-state index is 0.0752. The molecule has 0 N–H and O–H groups in total. The SMILES string of the molecule is Cc1noc(C)c1CSc1ncccc1C(=O)N(C)C1CCCCCC1. The number of aromatic nitrogens is 2. The van der Waals surface area contributed by atoms with Crippen molar-refractivity contribution < 1.29 is 9.32 Å². The summed E-state index contributed by atoms with van der Waals surface area (Å²) in [6.45, 7) is 3.86. The smallest absolute Gasteiger partial charge is 0.256 e. The molecule has 0 spiro atoms. The average Bonchev–Trinajstić information content (AvgIpc) is 2.85.